The van der Waals surface area contributed by atoms with E-state index in [1.807, 2.05) is 12.1 Å². The maximum absolute atomic E-state index is 14.2. The van der Waals surface area contributed by atoms with Crippen LogP contribution < -0.4 is 0 Å². The highest BCUT2D eigenvalue weighted by Crippen LogP contribution is 2.23. The van der Waals surface area contributed by atoms with E-state index in [0.29, 0.717) is 0 Å². The standard InChI is InChI=1S/C16H15FN2O/c17-15-11-13(12-5-7-18-8-6-12)3-4-14(15)16(20)19-9-1-2-10-19/h3-8,11H,1-2,9-10H2. The maximum atomic E-state index is 14.2. The van der Waals surface area contributed by atoms with Crippen LogP contribution in [0.2, 0.25) is 0 Å². The predicted molar refractivity (Wildman–Crippen MR) is 74.8 cm³/mol. The summed E-state index contributed by atoms with van der Waals surface area (Å²) in [7, 11) is 0. The first-order valence-corrected chi connectivity index (χ1v) is 6.75. The SMILES string of the molecule is O=C(c1ccc(-c2ccncc2)cc1F)N1CCCC1. The summed E-state index contributed by atoms with van der Waals surface area (Å²) >= 11 is 0. The Hall–Kier alpha value is -2.23. The van der Waals surface area contributed by atoms with Gasteiger partial charge in [0, 0.05) is 25.5 Å². The van der Waals surface area contributed by atoms with Gasteiger partial charge in [-0.1, -0.05) is 6.07 Å². The summed E-state index contributed by atoms with van der Waals surface area (Å²) in [6.07, 6.45) is 5.33. The third-order valence-electron chi connectivity index (χ3n) is 3.61. The number of nitrogens with zero attached hydrogens (tertiary/aromatic N) is 2. The van der Waals surface area contributed by atoms with Gasteiger partial charge in [-0.2, -0.15) is 0 Å². The Bertz CT molecular complexity index is 622. The van der Waals surface area contributed by atoms with Crippen LogP contribution in [0.4, 0.5) is 4.39 Å². The van der Waals surface area contributed by atoms with E-state index >= 15 is 0 Å². The molecule has 0 aliphatic carbocycles. The first kappa shape index (κ1) is 12.8. The summed E-state index contributed by atoms with van der Waals surface area (Å²) in [4.78, 5) is 17.8. The number of halogens is 1. The highest BCUT2D eigenvalue weighted by atomic mass is 19.1. The van der Waals surface area contributed by atoms with Gasteiger partial charge in [0.05, 0.1) is 5.56 Å². The number of hydrogen-bond acceptors (Lipinski definition) is 2. The molecule has 1 aliphatic rings. The second-order valence-electron chi connectivity index (χ2n) is 4.93. The van der Waals surface area contributed by atoms with Gasteiger partial charge in [0.25, 0.3) is 5.91 Å². The molecule has 0 N–H and O–H groups in total. The second kappa shape index (κ2) is 5.41. The third kappa shape index (κ3) is 2.41. The van der Waals surface area contributed by atoms with Crippen LogP contribution in [0.1, 0.15) is 23.2 Å². The van der Waals surface area contributed by atoms with Crippen LogP contribution in [0.25, 0.3) is 11.1 Å². The van der Waals surface area contributed by atoms with E-state index in [1.165, 1.54) is 6.07 Å². The summed E-state index contributed by atoms with van der Waals surface area (Å²) in [5.41, 5.74) is 1.80. The molecule has 2 heterocycles. The Morgan fingerprint density at radius 2 is 1.75 bits per heavy atom. The Labute approximate surface area is 117 Å². The molecule has 1 aromatic carbocycles. The van der Waals surface area contributed by atoms with Crippen molar-refractivity contribution in [3.63, 3.8) is 0 Å². The van der Waals surface area contributed by atoms with Crippen LogP contribution in [0, 0.1) is 5.82 Å². The van der Waals surface area contributed by atoms with E-state index < -0.39 is 5.82 Å². The van der Waals surface area contributed by atoms with E-state index in [0.717, 1.165) is 37.1 Å². The topological polar surface area (TPSA) is 33.2 Å². The van der Waals surface area contributed by atoms with Gasteiger partial charge in [-0.25, -0.2) is 4.39 Å². The normalized spacial score (nSPS) is 14.6. The Morgan fingerprint density at radius 3 is 2.40 bits per heavy atom. The van der Waals surface area contributed by atoms with Crippen molar-refractivity contribution in [2.24, 2.45) is 0 Å². The van der Waals surface area contributed by atoms with Gasteiger partial charge in [-0.3, -0.25) is 9.78 Å². The van der Waals surface area contributed by atoms with Crippen LogP contribution in [-0.2, 0) is 0 Å². The summed E-state index contributed by atoms with van der Waals surface area (Å²) in [5.74, 6) is -0.669. The van der Waals surface area contributed by atoms with Crippen molar-refractivity contribution in [1.82, 2.24) is 9.88 Å². The molecule has 0 atom stereocenters. The molecule has 0 unspecified atom stereocenters. The van der Waals surface area contributed by atoms with Crippen LogP contribution in [0.5, 0.6) is 0 Å². The largest absolute Gasteiger partial charge is 0.339 e. The van der Waals surface area contributed by atoms with Crippen LogP contribution in [0.3, 0.4) is 0 Å². The van der Waals surface area contributed by atoms with Crippen molar-refractivity contribution in [1.29, 1.82) is 0 Å². The average Bonchev–Trinajstić information content (AvgIpc) is 3.01. The molecule has 3 nitrogen and oxygen atoms in total. The number of amides is 1. The predicted octanol–water partition coefficient (Wildman–Crippen LogP) is 3.12. The molecule has 4 heteroatoms. The summed E-state index contributed by atoms with van der Waals surface area (Å²) in [6, 6.07) is 8.40. The fourth-order valence-corrected chi connectivity index (χ4v) is 2.50. The van der Waals surface area contributed by atoms with Crippen LogP contribution in [-0.4, -0.2) is 28.9 Å². The molecule has 0 bridgehead atoms. The van der Waals surface area contributed by atoms with Crippen molar-refractivity contribution >= 4 is 5.91 Å². The van der Waals surface area contributed by atoms with Gasteiger partial charge in [-0.15, -0.1) is 0 Å². The molecule has 0 saturated carbocycles. The van der Waals surface area contributed by atoms with Crippen molar-refractivity contribution in [3.8, 4) is 11.1 Å². The van der Waals surface area contributed by atoms with E-state index in [-0.39, 0.29) is 11.5 Å². The number of hydrogen-bond donors (Lipinski definition) is 0. The molecular formula is C16H15FN2O. The Balaban J connectivity index is 1.90. The molecule has 1 aliphatic heterocycles. The van der Waals surface area contributed by atoms with E-state index in [2.05, 4.69) is 4.98 Å². The average molecular weight is 270 g/mol. The van der Waals surface area contributed by atoms with Crippen LogP contribution >= 0.6 is 0 Å². The molecule has 0 spiro atoms. The minimum atomic E-state index is -0.462. The number of pyridine rings is 1. The van der Waals surface area contributed by atoms with Crippen molar-refractivity contribution in [2.75, 3.05) is 13.1 Å². The van der Waals surface area contributed by atoms with Gasteiger partial charge in [0.15, 0.2) is 0 Å². The number of carbonyl (C=O) groups is 1. The number of aromatic nitrogens is 1. The third-order valence-corrected chi connectivity index (χ3v) is 3.61. The van der Waals surface area contributed by atoms with Gasteiger partial charge in [-0.05, 0) is 48.2 Å². The lowest BCUT2D eigenvalue weighted by atomic mass is 10.0. The molecule has 2 aromatic rings. The highest BCUT2D eigenvalue weighted by molar-refractivity contribution is 5.95. The molecule has 0 radical (unpaired) electrons. The fourth-order valence-electron chi connectivity index (χ4n) is 2.50. The molecule has 3 rings (SSSR count). The smallest absolute Gasteiger partial charge is 0.256 e. The number of likely N-dealkylation sites (tertiary alicyclic amines) is 1. The first-order chi connectivity index (χ1) is 9.75. The quantitative estimate of drug-likeness (QED) is 0.840. The minimum Gasteiger partial charge on any atom is -0.339 e. The number of carbonyl (C=O) groups excluding carboxylic acids is 1. The van der Waals surface area contributed by atoms with E-state index in [9.17, 15) is 9.18 Å². The molecule has 1 fully saturated rings. The van der Waals surface area contributed by atoms with Gasteiger partial charge >= 0.3 is 0 Å². The lowest BCUT2D eigenvalue weighted by Crippen LogP contribution is -2.28. The molecule has 1 saturated heterocycles. The zero-order chi connectivity index (χ0) is 13.9. The summed E-state index contributed by atoms with van der Waals surface area (Å²) in [6.45, 7) is 1.45. The molecular weight excluding hydrogens is 255 g/mol. The number of rotatable bonds is 2. The Morgan fingerprint density at radius 1 is 1.05 bits per heavy atom. The molecule has 102 valence electrons. The zero-order valence-electron chi connectivity index (χ0n) is 11.1. The van der Waals surface area contributed by atoms with E-state index in [4.69, 9.17) is 0 Å². The highest BCUT2D eigenvalue weighted by Gasteiger charge is 2.22. The summed E-state index contributed by atoms with van der Waals surface area (Å²) in [5, 5.41) is 0. The van der Waals surface area contributed by atoms with Gasteiger partial charge in [0.1, 0.15) is 5.82 Å². The molecule has 20 heavy (non-hydrogen) atoms. The first-order valence-electron chi connectivity index (χ1n) is 6.75. The van der Waals surface area contributed by atoms with Gasteiger partial charge in [0.2, 0.25) is 0 Å². The van der Waals surface area contributed by atoms with Gasteiger partial charge < -0.3 is 4.90 Å². The van der Waals surface area contributed by atoms with Crippen molar-refractivity contribution in [2.45, 2.75) is 12.8 Å². The van der Waals surface area contributed by atoms with Crippen LogP contribution in [0.15, 0.2) is 42.7 Å². The summed E-state index contributed by atoms with van der Waals surface area (Å²) < 4.78 is 14.2. The lowest BCUT2D eigenvalue weighted by Gasteiger charge is -2.16. The maximum Gasteiger partial charge on any atom is 0.256 e. The monoisotopic (exact) mass is 270 g/mol. The van der Waals surface area contributed by atoms with Crippen molar-refractivity contribution in [3.05, 3.63) is 54.1 Å². The molecule has 1 aromatic heterocycles. The minimum absolute atomic E-state index is 0.157. The zero-order valence-corrected chi connectivity index (χ0v) is 11.1. The van der Waals surface area contributed by atoms with E-state index in [1.54, 1.807) is 29.4 Å². The molecule has 1 amide bonds. The number of benzene rings is 1. The lowest BCUT2D eigenvalue weighted by molar-refractivity contribution is 0.0788. The second-order valence-corrected chi connectivity index (χ2v) is 4.93. The van der Waals surface area contributed by atoms with Crippen molar-refractivity contribution < 1.29 is 9.18 Å². The Kier molecular flexibility index (Phi) is 3.46. The fraction of sp³-hybridized carbons (Fsp3) is 0.250.